The van der Waals surface area contributed by atoms with Crippen molar-refractivity contribution in [1.29, 1.82) is 0 Å². The van der Waals surface area contributed by atoms with Gasteiger partial charge in [0.05, 0.1) is 11.6 Å². The minimum atomic E-state index is -0.193. The third-order valence-corrected chi connectivity index (χ3v) is 8.51. The maximum atomic E-state index is 6.38. The Balaban J connectivity index is 1.87. The zero-order valence-electron chi connectivity index (χ0n) is 14.6. The zero-order valence-corrected chi connectivity index (χ0v) is 19.2. The lowest BCUT2D eigenvalue weighted by Crippen LogP contribution is -2.51. The average Bonchev–Trinajstić information content (AvgIpc) is 2.76. The Morgan fingerprint density at radius 1 is 1.32 bits per heavy atom. The predicted octanol–water partition coefficient (Wildman–Crippen LogP) is 5.73. The van der Waals surface area contributed by atoms with Gasteiger partial charge in [0.2, 0.25) is 0 Å². The molecule has 1 heterocycles. The van der Waals surface area contributed by atoms with Gasteiger partial charge in [-0.3, -0.25) is 4.99 Å². The molecule has 3 nitrogen and oxygen atoms in total. The van der Waals surface area contributed by atoms with Crippen LogP contribution < -0.4 is 5.73 Å². The van der Waals surface area contributed by atoms with Gasteiger partial charge in [0.15, 0.2) is 5.17 Å². The Hall–Kier alpha value is 0.210. The van der Waals surface area contributed by atoms with Gasteiger partial charge in [0.1, 0.15) is 23.0 Å². The van der Waals surface area contributed by atoms with Crippen molar-refractivity contribution >= 4 is 55.9 Å². The number of halogens is 2. The Morgan fingerprint density at radius 2 is 2.04 bits per heavy atom. The molecule has 1 fully saturated rings. The highest BCUT2D eigenvalue weighted by atomic mass is 127. The molecule has 1 saturated carbocycles. The highest BCUT2D eigenvalue weighted by molar-refractivity contribution is 14.1. The van der Waals surface area contributed by atoms with Gasteiger partial charge >= 0.3 is 0 Å². The van der Waals surface area contributed by atoms with E-state index in [4.69, 9.17) is 13.8 Å². The quantitative estimate of drug-likeness (QED) is 0.468. The summed E-state index contributed by atoms with van der Waals surface area (Å²) in [6.45, 7) is 4.62. The lowest BCUT2D eigenvalue weighted by Gasteiger charge is -2.52. The van der Waals surface area contributed by atoms with Crippen LogP contribution in [0.25, 0.3) is 0 Å². The molecule has 0 bridgehead atoms. The molecule has 1 aliphatic heterocycles. The van der Waals surface area contributed by atoms with Gasteiger partial charge in [-0.25, -0.2) is 0 Å². The largest absolute Gasteiger partial charge is 0.378 e. The van der Waals surface area contributed by atoms with E-state index in [2.05, 4.69) is 71.0 Å². The molecule has 1 aromatic carbocycles. The third kappa shape index (κ3) is 2.99. The molecule has 25 heavy (non-hydrogen) atoms. The van der Waals surface area contributed by atoms with Crippen molar-refractivity contribution in [2.24, 2.45) is 16.1 Å². The highest BCUT2D eigenvalue weighted by Gasteiger charge is 2.61. The van der Waals surface area contributed by atoms with Gasteiger partial charge in [-0.15, -0.1) is 0 Å². The first-order valence-electron chi connectivity index (χ1n) is 8.90. The van der Waals surface area contributed by atoms with Crippen LogP contribution >= 0.6 is 50.7 Å². The van der Waals surface area contributed by atoms with Crippen LogP contribution in [0.4, 0.5) is 0 Å². The summed E-state index contributed by atoms with van der Waals surface area (Å²) in [7, 11) is 0. The average molecular weight is 535 g/mol. The molecule has 0 saturated heterocycles. The number of fused-ring (bicyclic) bond motifs is 3. The Morgan fingerprint density at radius 3 is 2.68 bits per heavy atom. The van der Waals surface area contributed by atoms with Crippen molar-refractivity contribution < 1.29 is 3.07 Å². The van der Waals surface area contributed by atoms with Gasteiger partial charge in [-0.1, -0.05) is 47.6 Å². The Bertz CT molecular complexity index is 730. The summed E-state index contributed by atoms with van der Waals surface area (Å²) >= 11 is 7.47. The fourth-order valence-corrected chi connectivity index (χ4v) is 7.27. The van der Waals surface area contributed by atoms with Crippen LogP contribution in [0.15, 0.2) is 27.7 Å². The normalized spacial score (nSPS) is 36.5. The number of rotatable bonds is 1. The van der Waals surface area contributed by atoms with E-state index in [9.17, 15) is 0 Å². The molecule has 2 N–H and O–H groups in total. The van der Waals surface area contributed by atoms with Crippen LogP contribution in [0.3, 0.4) is 0 Å². The van der Waals surface area contributed by atoms with Crippen molar-refractivity contribution in [1.82, 2.24) is 0 Å². The SMILES string of the molecule is CC1(C)CC2(N=C(N)S1)c1cc(Br)ccc1C[C@]21CC[C@@H](OI)CC1. The third-order valence-electron chi connectivity index (χ3n) is 6.30. The van der Waals surface area contributed by atoms with Crippen molar-refractivity contribution in [3.8, 4) is 0 Å². The molecular formula is C19H24BrIN2OS. The zero-order chi connectivity index (χ0) is 17.9. The predicted molar refractivity (Wildman–Crippen MR) is 117 cm³/mol. The first kappa shape index (κ1) is 18.6. The number of nitrogens with zero attached hydrogens (tertiary/aromatic N) is 1. The van der Waals surface area contributed by atoms with Crippen LogP contribution in [-0.4, -0.2) is 16.0 Å². The first-order chi connectivity index (χ1) is 11.8. The van der Waals surface area contributed by atoms with E-state index in [0.29, 0.717) is 6.10 Å². The fourth-order valence-electron chi connectivity index (χ4n) is 5.35. The standard InChI is InChI=1S/C19H24BrIN2OS/c1-17(2)11-19(23-16(22)25-17)15-9-13(20)4-3-12(15)10-18(19)7-5-14(24-21)6-8-18/h3-4,9,14H,5-8,10-11H2,1-2H3,(H2,22,23)/t14-,18-,19?. The number of amidine groups is 1. The second-order valence-corrected chi connectivity index (χ2v) is 11.5. The summed E-state index contributed by atoms with van der Waals surface area (Å²) in [5, 5.41) is 0.746. The molecule has 136 valence electrons. The van der Waals surface area contributed by atoms with E-state index in [1.165, 1.54) is 11.1 Å². The summed E-state index contributed by atoms with van der Waals surface area (Å²) in [4.78, 5) is 5.21. The van der Waals surface area contributed by atoms with Crippen LogP contribution in [0.2, 0.25) is 0 Å². The van der Waals surface area contributed by atoms with Crippen LogP contribution in [0, 0.1) is 5.41 Å². The van der Waals surface area contributed by atoms with E-state index in [1.807, 2.05) is 0 Å². The first-order valence-corrected chi connectivity index (χ1v) is 11.4. The van der Waals surface area contributed by atoms with Gasteiger partial charge in [-0.05, 0) is 61.8 Å². The van der Waals surface area contributed by atoms with Crippen molar-refractivity contribution in [3.63, 3.8) is 0 Å². The second-order valence-electron chi connectivity index (χ2n) is 8.40. The number of hydrogen-bond donors (Lipinski definition) is 1. The Labute approximate surface area is 176 Å². The van der Waals surface area contributed by atoms with E-state index < -0.39 is 0 Å². The molecule has 1 atom stereocenters. The minimum absolute atomic E-state index is 0.0966. The molecular weight excluding hydrogens is 511 g/mol. The van der Waals surface area contributed by atoms with Crippen molar-refractivity contribution in [3.05, 3.63) is 33.8 Å². The maximum Gasteiger partial charge on any atom is 0.155 e. The van der Waals surface area contributed by atoms with Gasteiger partial charge in [0, 0.05) is 14.6 Å². The van der Waals surface area contributed by atoms with E-state index in [0.717, 1.165) is 48.2 Å². The second kappa shape index (κ2) is 6.38. The number of hydrogen-bond acceptors (Lipinski definition) is 4. The summed E-state index contributed by atoms with van der Waals surface area (Å²) in [5.41, 5.74) is 9.21. The summed E-state index contributed by atoms with van der Waals surface area (Å²) < 4.78 is 6.86. The topological polar surface area (TPSA) is 47.6 Å². The van der Waals surface area contributed by atoms with Gasteiger partial charge in [-0.2, -0.15) is 0 Å². The maximum absolute atomic E-state index is 6.38. The number of aliphatic imine (C=N–C) groups is 1. The van der Waals surface area contributed by atoms with E-state index >= 15 is 0 Å². The smallest absolute Gasteiger partial charge is 0.155 e. The molecule has 3 aliphatic rings. The van der Waals surface area contributed by atoms with Crippen molar-refractivity contribution in [2.75, 3.05) is 0 Å². The molecule has 0 aromatic heterocycles. The molecule has 4 rings (SSSR count). The lowest BCUT2D eigenvalue weighted by molar-refractivity contribution is 0.0346. The molecule has 0 radical (unpaired) electrons. The minimum Gasteiger partial charge on any atom is -0.378 e. The van der Waals surface area contributed by atoms with Crippen LogP contribution in [0.5, 0.6) is 0 Å². The van der Waals surface area contributed by atoms with Gasteiger partial charge < -0.3 is 8.80 Å². The number of thioether (sulfide) groups is 1. The van der Waals surface area contributed by atoms with Crippen molar-refractivity contribution in [2.45, 2.75) is 68.8 Å². The molecule has 2 aliphatic carbocycles. The van der Waals surface area contributed by atoms with E-state index in [1.54, 1.807) is 11.8 Å². The summed E-state index contributed by atoms with van der Waals surface area (Å²) in [6, 6.07) is 6.76. The van der Waals surface area contributed by atoms with Crippen LogP contribution in [-0.2, 0) is 15.0 Å². The lowest BCUT2D eigenvalue weighted by atomic mass is 9.59. The number of nitrogens with two attached hydrogens (primary N) is 1. The fraction of sp³-hybridized carbons (Fsp3) is 0.632. The molecule has 1 aromatic rings. The van der Waals surface area contributed by atoms with E-state index in [-0.39, 0.29) is 15.7 Å². The van der Waals surface area contributed by atoms with Gasteiger partial charge in [0.25, 0.3) is 0 Å². The highest BCUT2D eigenvalue weighted by Crippen LogP contribution is 2.65. The monoisotopic (exact) mass is 534 g/mol. The molecule has 1 unspecified atom stereocenters. The summed E-state index contributed by atoms with van der Waals surface area (Å²) in [5.74, 6) is 0. The molecule has 0 amide bonds. The molecule has 2 spiro atoms. The Kier molecular flexibility index (Phi) is 4.74. The molecule has 6 heteroatoms. The number of benzene rings is 1. The van der Waals surface area contributed by atoms with Crippen LogP contribution in [0.1, 0.15) is 57.1 Å². The summed E-state index contributed by atoms with van der Waals surface area (Å²) in [6.07, 6.45) is 7.08.